The zero-order valence-electron chi connectivity index (χ0n) is 9.66. The Balaban J connectivity index is 1.82. The fourth-order valence-corrected chi connectivity index (χ4v) is 2.70. The molecule has 1 amide bonds. The Morgan fingerprint density at radius 1 is 1.56 bits per heavy atom. The van der Waals surface area contributed by atoms with Crippen molar-refractivity contribution in [2.24, 2.45) is 0 Å². The van der Waals surface area contributed by atoms with Gasteiger partial charge in [0.1, 0.15) is 9.21 Å². The number of amides is 1. The van der Waals surface area contributed by atoms with Crippen molar-refractivity contribution in [2.45, 2.75) is 31.8 Å². The molecular formula is C11H13Br2N3O2. The van der Waals surface area contributed by atoms with Gasteiger partial charge < -0.3 is 10.1 Å². The molecule has 0 radical (unpaired) electrons. The predicted octanol–water partition coefficient (Wildman–Crippen LogP) is 2.90. The second-order valence-electron chi connectivity index (χ2n) is 4.05. The van der Waals surface area contributed by atoms with Crippen molar-refractivity contribution in [1.29, 1.82) is 0 Å². The lowest BCUT2D eigenvalue weighted by Crippen LogP contribution is -2.16. The molecule has 1 aromatic rings. The molecule has 98 valence electrons. The fourth-order valence-electron chi connectivity index (χ4n) is 1.79. The van der Waals surface area contributed by atoms with Gasteiger partial charge in [-0.2, -0.15) is 0 Å². The first-order chi connectivity index (χ1) is 8.65. The van der Waals surface area contributed by atoms with Crippen molar-refractivity contribution >= 4 is 43.6 Å². The summed E-state index contributed by atoms with van der Waals surface area (Å²) in [6, 6.07) is 0. The third kappa shape index (κ3) is 4.00. The molecule has 0 bridgehead atoms. The van der Waals surface area contributed by atoms with Gasteiger partial charge >= 0.3 is 0 Å². The van der Waals surface area contributed by atoms with Crippen LogP contribution in [0.5, 0.6) is 0 Å². The van der Waals surface area contributed by atoms with Crippen molar-refractivity contribution in [3.63, 3.8) is 0 Å². The minimum Gasteiger partial charge on any atom is -0.378 e. The number of rotatable bonds is 4. The fraction of sp³-hybridized carbons (Fsp3) is 0.545. The maximum atomic E-state index is 11.7. The maximum Gasteiger partial charge on any atom is 0.225 e. The molecule has 0 aliphatic carbocycles. The van der Waals surface area contributed by atoms with Crippen LogP contribution in [-0.2, 0) is 9.53 Å². The molecule has 7 heteroatoms. The molecule has 1 aromatic heterocycles. The molecule has 1 N–H and O–H groups in total. The van der Waals surface area contributed by atoms with E-state index in [0.29, 0.717) is 21.4 Å². The largest absolute Gasteiger partial charge is 0.378 e. The normalized spacial score (nSPS) is 18.9. The van der Waals surface area contributed by atoms with E-state index in [4.69, 9.17) is 4.74 Å². The molecular weight excluding hydrogens is 366 g/mol. The van der Waals surface area contributed by atoms with Gasteiger partial charge in [0.25, 0.3) is 0 Å². The van der Waals surface area contributed by atoms with Gasteiger partial charge in [0.15, 0.2) is 5.82 Å². The Bertz CT molecular complexity index is 436. The summed E-state index contributed by atoms with van der Waals surface area (Å²) < 4.78 is 6.60. The van der Waals surface area contributed by atoms with E-state index < -0.39 is 0 Å². The van der Waals surface area contributed by atoms with E-state index in [2.05, 4.69) is 47.1 Å². The molecule has 2 rings (SSSR count). The van der Waals surface area contributed by atoms with Crippen LogP contribution in [0.25, 0.3) is 0 Å². The summed E-state index contributed by atoms with van der Waals surface area (Å²) in [5, 5.41) is 2.73. The summed E-state index contributed by atoms with van der Waals surface area (Å²) in [6.07, 6.45) is 5.11. The monoisotopic (exact) mass is 377 g/mol. The van der Waals surface area contributed by atoms with E-state index in [1.807, 2.05) is 0 Å². The van der Waals surface area contributed by atoms with Crippen molar-refractivity contribution in [3.05, 3.63) is 15.4 Å². The smallest absolute Gasteiger partial charge is 0.225 e. The van der Waals surface area contributed by atoms with E-state index in [1.165, 1.54) is 0 Å². The number of aromatic nitrogens is 2. The quantitative estimate of drug-likeness (QED) is 0.874. The number of anilines is 1. The summed E-state index contributed by atoms with van der Waals surface area (Å²) in [7, 11) is 0. The number of nitrogens with zero attached hydrogens (tertiary/aromatic N) is 2. The highest BCUT2D eigenvalue weighted by Crippen LogP contribution is 2.20. The molecule has 0 spiro atoms. The van der Waals surface area contributed by atoms with E-state index in [1.54, 1.807) is 6.20 Å². The Labute approximate surface area is 122 Å². The third-order valence-electron chi connectivity index (χ3n) is 2.68. The molecule has 1 atom stereocenters. The average molecular weight is 379 g/mol. The van der Waals surface area contributed by atoms with Gasteiger partial charge in [-0.15, -0.1) is 0 Å². The van der Waals surface area contributed by atoms with Crippen LogP contribution in [0.2, 0.25) is 0 Å². The van der Waals surface area contributed by atoms with Crippen LogP contribution in [0, 0.1) is 0 Å². The number of hydrogen-bond donors (Lipinski definition) is 1. The zero-order valence-corrected chi connectivity index (χ0v) is 12.8. The molecule has 1 saturated heterocycles. The van der Waals surface area contributed by atoms with Gasteiger partial charge in [0.05, 0.1) is 12.3 Å². The predicted molar refractivity (Wildman–Crippen MR) is 74.3 cm³/mol. The Hall–Kier alpha value is -0.530. The minimum absolute atomic E-state index is 0.0668. The summed E-state index contributed by atoms with van der Waals surface area (Å²) in [5.41, 5.74) is 0. The van der Waals surface area contributed by atoms with Gasteiger partial charge in [-0.05, 0) is 51.1 Å². The highest BCUT2D eigenvalue weighted by molar-refractivity contribution is 9.11. The van der Waals surface area contributed by atoms with Gasteiger partial charge in [-0.3, -0.25) is 4.79 Å². The standard InChI is InChI=1S/C11H13Br2N3O2/c12-8-6-14-11(10(13)15-8)16-9(17)4-3-7-2-1-5-18-7/h6-7H,1-5H2,(H,14,16,17). The van der Waals surface area contributed by atoms with Crippen LogP contribution in [0.4, 0.5) is 5.82 Å². The number of nitrogens with one attached hydrogen (secondary N) is 1. The Morgan fingerprint density at radius 2 is 2.39 bits per heavy atom. The van der Waals surface area contributed by atoms with E-state index >= 15 is 0 Å². The van der Waals surface area contributed by atoms with Crippen LogP contribution in [0.3, 0.4) is 0 Å². The van der Waals surface area contributed by atoms with Crippen LogP contribution in [0.1, 0.15) is 25.7 Å². The molecule has 1 unspecified atom stereocenters. The first kappa shape index (κ1) is 13.9. The van der Waals surface area contributed by atoms with Crippen LogP contribution in [-0.4, -0.2) is 28.6 Å². The lowest BCUT2D eigenvalue weighted by atomic mass is 10.1. The Kier molecular flexibility index (Phi) is 5.08. The van der Waals surface area contributed by atoms with Crippen LogP contribution >= 0.6 is 31.9 Å². The van der Waals surface area contributed by atoms with Gasteiger partial charge in [0.2, 0.25) is 5.91 Å². The summed E-state index contributed by atoms with van der Waals surface area (Å²) in [4.78, 5) is 19.9. The first-order valence-corrected chi connectivity index (χ1v) is 7.33. The molecule has 0 saturated carbocycles. The first-order valence-electron chi connectivity index (χ1n) is 5.74. The highest BCUT2D eigenvalue weighted by atomic mass is 79.9. The SMILES string of the molecule is O=C(CCC1CCCO1)Nc1ncc(Br)nc1Br. The highest BCUT2D eigenvalue weighted by Gasteiger charge is 2.17. The van der Waals surface area contributed by atoms with Crippen molar-refractivity contribution in [3.8, 4) is 0 Å². The second-order valence-corrected chi connectivity index (χ2v) is 5.62. The number of carbonyl (C=O) groups is 1. The van der Waals surface area contributed by atoms with E-state index in [9.17, 15) is 4.79 Å². The lowest BCUT2D eigenvalue weighted by Gasteiger charge is -2.09. The maximum absolute atomic E-state index is 11.7. The molecule has 1 aliphatic heterocycles. The van der Waals surface area contributed by atoms with E-state index in [0.717, 1.165) is 25.9 Å². The average Bonchev–Trinajstić information content (AvgIpc) is 2.83. The molecule has 2 heterocycles. The molecule has 1 aliphatic rings. The zero-order chi connectivity index (χ0) is 13.0. The van der Waals surface area contributed by atoms with Gasteiger partial charge in [-0.25, -0.2) is 9.97 Å². The van der Waals surface area contributed by atoms with Crippen LogP contribution < -0.4 is 5.32 Å². The van der Waals surface area contributed by atoms with Gasteiger partial charge in [-0.1, -0.05) is 0 Å². The number of hydrogen-bond acceptors (Lipinski definition) is 4. The number of ether oxygens (including phenoxy) is 1. The number of carbonyl (C=O) groups excluding carboxylic acids is 1. The summed E-state index contributed by atoms with van der Waals surface area (Å²) in [6.45, 7) is 0.815. The minimum atomic E-state index is -0.0668. The van der Waals surface area contributed by atoms with Crippen LogP contribution in [0.15, 0.2) is 15.4 Å². The van der Waals surface area contributed by atoms with E-state index in [-0.39, 0.29) is 12.0 Å². The molecule has 0 aromatic carbocycles. The molecule has 18 heavy (non-hydrogen) atoms. The topological polar surface area (TPSA) is 64.1 Å². The van der Waals surface area contributed by atoms with Crippen molar-refractivity contribution in [1.82, 2.24) is 9.97 Å². The van der Waals surface area contributed by atoms with Crippen molar-refractivity contribution in [2.75, 3.05) is 11.9 Å². The summed E-state index contributed by atoms with van der Waals surface area (Å²) >= 11 is 6.46. The second kappa shape index (κ2) is 6.58. The molecule has 5 nitrogen and oxygen atoms in total. The molecule has 1 fully saturated rings. The lowest BCUT2D eigenvalue weighted by molar-refractivity contribution is -0.116. The third-order valence-corrected chi connectivity index (χ3v) is 3.61. The Morgan fingerprint density at radius 3 is 3.06 bits per heavy atom. The number of halogens is 2. The van der Waals surface area contributed by atoms with Gasteiger partial charge in [0, 0.05) is 13.0 Å². The van der Waals surface area contributed by atoms with Crippen molar-refractivity contribution < 1.29 is 9.53 Å². The summed E-state index contributed by atoms with van der Waals surface area (Å²) in [5.74, 6) is 0.373.